The van der Waals surface area contributed by atoms with Gasteiger partial charge in [-0.15, -0.1) is 0 Å². The first kappa shape index (κ1) is 21.3. The average molecular weight is 359 g/mol. The van der Waals surface area contributed by atoms with Gasteiger partial charge in [-0.3, -0.25) is 0 Å². The molecule has 1 fully saturated rings. The van der Waals surface area contributed by atoms with E-state index in [1.165, 1.54) is 81.8 Å². The Morgan fingerprint density at radius 1 is 0.885 bits per heavy atom. The van der Waals surface area contributed by atoms with Crippen molar-refractivity contribution < 1.29 is 5.11 Å². The maximum atomic E-state index is 10.3. The van der Waals surface area contributed by atoms with Gasteiger partial charge >= 0.3 is 0 Å². The van der Waals surface area contributed by atoms with E-state index >= 15 is 0 Å². The third-order valence-corrected chi connectivity index (χ3v) is 6.18. The van der Waals surface area contributed by atoms with E-state index in [1.54, 1.807) is 0 Å². The number of unbranched alkanes of at least 4 members (excludes halogenated alkanes) is 5. The van der Waals surface area contributed by atoms with Gasteiger partial charge in [-0.2, -0.15) is 0 Å². The summed E-state index contributed by atoms with van der Waals surface area (Å²) < 4.78 is 0. The molecule has 1 saturated carbocycles. The van der Waals surface area contributed by atoms with E-state index < -0.39 is 0 Å². The van der Waals surface area contributed by atoms with Crippen molar-refractivity contribution in [2.75, 3.05) is 0 Å². The molecule has 1 aromatic rings. The summed E-state index contributed by atoms with van der Waals surface area (Å²) >= 11 is 0. The lowest BCUT2D eigenvalue weighted by atomic mass is 9.89. The standard InChI is InChI=1S/C25H42O/c1-24(2,3)17-10-6-5-9-15-22-21(14-12-16-23(22)26)13-8-7-11-18-25(4)19-20-25/h12,14,16,26H,5-11,13,15,17-20H2,1-4H3. The summed E-state index contributed by atoms with van der Waals surface area (Å²) in [5, 5.41) is 10.3. The van der Waals surface area contributed by atoms with Gasteiger partial charge in [0.1, 0.15) is 5.75 Å². The quantitative estimate of drug-likeness (QED) is 0.377. The molecule has 0 amide bonds. The van der Waals surface area contributed by atoms with Gasteiger partial charge in [0, 0.05) is 0 Å². The zero-order chi connectivity index (χ0) is 19.0. The summed E-state index contributed by atoms with van der Waals surface area (Å²) in [4.78, 5) is 0. The van der Waals surface area contributed by atoms with Crippen molar-refractivity contribution in [1.29, 1.82) is 0 Å². The zero-order valence-corrected chi connectivity index (χ0v) is 17.9. The predicted molar refractivity (Wildman–Crippen MR) is 114 cm³/mol. The van der Waals surface area contributed by atoms with E-state index in [2.05, 4.69) is 33.8 Å². The molecular formula is C25H42O. The Bertz CT molecular complexity index is 534. The summed E-state index contributed by atoms with van der Waals surface area (Å²) in [5.41, 5.74) is 3.76. The molecule has 0 atom stereocenters. The lowest BCUT2D eigenvalue weighted by Gasteiger charge is -2.17. The molecule has 1 N–H and O–H groups in total. The summed E-state index contributed by atoms with van der Waals surface area (Å²) in [6, 6.07) is 6.12. The second kappa shape index (κ2) is 9.81. The summed E-state index contributed by atoms with van der Waals surface area (Å²) in [5.74, 6) is 0.516. The van der Waals surface area contributed by atoms with Crippen molar-refractivity contribution in [2.45, 2.75) is 111 Å². The molecule has 1 aliphatic rings. The summed E-state index contributed by atoms with van der Waals surface area (Å²) in [7, 11) is 0. The number of aromatic hydroxyl groups is 1. The smallest absolute Gasteiger partial charge is 0.119 e. The van der Waals surface area contributed by atoms with E-state index in [1.807, 2.05) is 12.1 Å². The molecule has 148 valence electrons. The second-order valence-electron chi connectivity index (χ2n) is 10.3. The first-order chi connectivity index (χ1) is 12.3. The van der Waals surface area contributed by atoms with Crippen molar-refractivity contribution in [3.05, 3.63) is 29.3 Å². The minimum absolute atomic E-state index is 0.460. The number of rotatable bonds is 12. The average Bonchev–Trinajstić information content (AvgIpc) is 3.29. The van der Waals surface area contributed by atoms with Gasteiger partial charge in [0.05, 0.1) is 0 Å². The number of aryl methyl sites for hydroxylation is 1. The monoisotopic (exact) mass is 358 g/mol. The Balaban J connectivity index is 1.68. The summed E-state index contributed by atoms with van der Waals surface area (Å²) in [6.07, 6.45) is 16.9. The molecule has 1 aliphatic carbocycles. The highest BCUT2D eigenvalue weighted by molar-refractivity contribution is 5.39. The summed E-state index contributed by atoms with van der Waals surface area (Å²) in [6.45, 7) is 9.41. The molecular weight excluding hydrogens is 316 g/mol. The van der Waals surface area contributed by atoms with E-state index in [4.69, 9.17) is 0 Å². The Morgan fingerprint density at radius 3 is 2.23 bits per heavy atom. The van der Waals surface area contributed by atoms with Crippen LogP contribution in [0.25, 0.3) is 0 Å². The minimum Gasteiger partial charge on any atom is -0.508 e. The minimum atomic E-state index is 0.460. The number of benzene rings is 1. The van der Waals surface area contributed by atoms with Crippen LogP contribution in [0.4, 0.5) is 0 Å². The van der Waals surface area contributed by atoms with E-state index in [9.17, 15) is 5.11 Å². The van der Waals surface area contributed by atoms with Gasteiger partial charge < -0.3 is 5.11 Å². The predicted octanol–water partition coefficient (Wildman–Crippen LogP) is 7.83. The molecule has 0 aromatic heterocycles. The molecule has 1 aromatic carbocycles. The number of phenolic OH excluding ortho intramolecular Hbond substituents is 1. The lowest BCUT2D eigenvalue weighted by molar-refractivity contribution is 0.357. The fourth-order valence-electron chi connectivity index (χ4n) is 3.96. The topological polar surface area (TPSA) is 20.2 Å². The van der Waals surface area contributed by atoms with Crippen LogP contribution in [0.1, 0.15) is 109 Å². The van der Waals surface area contributed by atoms with Crippen LogP contribution in [-0.4, -0.2) is 5.11 Å². The van der Waals surface area contributed by atoms with Gasteiger partial charge in [0.25, 0.3) is 0 Å². The molecule has 1 nitrogen and oxygen atoms in total. The molecule has 0 unspecified atom stereocenters. The highest BCUT2D eigenvalue weighted by Gasteiger charge is 2.35. The van der Waals surface area contributed by atoms with Crippen molar-refractivity contribution in [3.8, 4) is 5.75 Å². The van der Waals surface area contributed by atoms with E-state index in [0.29, 0.717) is 16.6 Å². The second-order valence-corrected chi connectivity index (χ2v) is 10.3. The van der Waals surface area contributed by atoms with Gasteiger partial charge in [-0.05, 0) is 79.4 Å². The van der Waals surface area contributed by atoms with Gasteiger partial charge in [-0.25, -0.2) is 0 Å². The maximum absolute atomic E-state index is 10.3. The fraction of sp³-hybridized carbons (Fsp3) is 0.760. The largest absolute Gasteiger partial charge is 0.508 e. The molecule has 0 spiro atoms. The van der Waals surface area contributed by atoms with Crippen LogP contribution in [-0.2, 0) is 12.8 Å². The third kappa shape index (κ3) is 8.14. The number of hydrogen-bond acceptors (Lipinski definition) is 1. The highest BCUT2D eigenvalue weighted by Crippen LogP contribution is 2.49. The molecule has 1 heteroatoms. The first-order valence-electron chi connectivity index (χ1n) is 11.1. The highest BCUT2D eigenvalue weighted by atomic mass is 16.3. The van der Waals surface area contributed by atoms with E-state index in [-0.39, 0.29) is 0 Å². The number of hydrogen-bond donors (Lipinski definition) is 1. The van der Waals surface area contributed by atoms with Crippen molar-refractivity contribution >= 4 is 0 Å². The molecule has 0 heterocycles. The lowest BCUT2D eigenvalue weighted by Crippen LogP contribution is -2.04. The van der Waals surface area contributed by atoms with Crippen molar-refractivity contribution in [2.24, 2.45) is 10.8 Å². The van der Waals surface area contributed by atoms with Crippen LogP contribution in [0.2, 0.25) is 0 Å². The van der Waals surface area contributed by atoms with Crippen LogP contribution in [0.15, 0.2) is 18.2 Å². The molecule has 0 bridgehead atoms. The Hall–Kier alpha value is -0.980. The number of phenols is 1. The molecule has 2 rings (SSSR count). The SMILES string of the molecule is CC(C)(C)CCCCCCc1c(O)cccc1CCCCCC1(C)CC1. The van der Waals surface area contributed by atoms with Crippen molar-refractivity contribution in [3.63, 3.8) is 0 Å². The normalized spacial score (nSPS) is 16.0. The van der Waals surface area contributed by atoms with E-state index in [0.717, 1.165) is 12.8 Å². The van der Waals surface area contributed by atoms with Crippen LogP contribution in [0.3, 0.4) is 0 Å². The van der Waals surface area contributed by atoms with Crippen LogP contribution in [0, 0.1) is 10.8 Å². The van der Waals surface area contributed by atoms with Crippen molar-refractivity contribution in [1.82, 2.24) is 0 Å². The molecule has 0 saturated heterocycles. The van der Waals surface area contributed by atoms with Gasteiger partial charge in [0.2, 0.25) is 0 Å². The van der Waals surface area contributed by atoms with Crippen LogP contribution in [0.5, 0.6) is 5.75 Å². The Labute approximate surface area is 162 Å². The Kier molecular flexibility index (Phi) is 8.05. The van der Waals surface area contributed by atoms with Crippen LogP contribution < -0.4 is 0 Å². The fourth-order valence-corrected chi connectivity index (χ4v) is 3.96. The van der Waals surface area contributed by atoms with Gasteiger partial charge in [-0.1, -0.05) is 71.9 Å². The van der Waals surface area contributed by atoms with Crippen LogP contribution >= 0.6 is 0 Å². The maximum Gasteiger partial charge on any atom is 0.119 e. The molecule has 26 heavy (non-hydrogen) atoms. The molecule has 0 radical (unpaired) electrons. The Morgan fingerprint density at radius 2 is 1.54 bits per heavy atom. The third-order valence-electron chi connectivity index (χ3n) is 6.18. The molecule has 0 aliphatic heterocycles. The zero-order valence-electron chi connectivity index (χ0n) is 17.9. The van der Waals surface area contributed by atoms with Gasteiger partial charge in [0.15, 0.2) is 0 Å². The first-order valence-corrected chi connectivity index (χ1v) is 11.1.